The van der Waals surface area contributed by atoms with Crippen LogP contribution >= 0.6 is 0 Å². The maximum Gasteiger partial charge on any atom is 0.419 e. The molecule has 0 fully saturated rings. The molecule has 1 aromatic carbocycles. The third-order valence-electron chi connectivity index (χ3n) is 2.09. The van der Waals surface area contributed by atoms with Gasteiger partial charge in [-0.2, -0.15) is 13.2 Å². The van der Waals surface area contributed by atoms with Crippen LogP contribution in [0.3, 0.4) is 0 Å². The quantitative estimate of drug-likeness (QED) is 0.840. The van der Waals surface area contributed by atoms with Gasteiger partial charge in [0.25, 0.3) is 0 Å². The Balaban J connectivity index is 3.17. The molecule has 0 aliphatic heterocycles. The lowest BCUT2D eigenvalue weighted by Gasteiger charge is -2.14. The summed E-state index contributed by atoms with van der Waals surface area (Å²) < 4.78 is 42.0. The smallest absolute Gasteiger partial charge is 0.419 e. The highest BCUT2D eigenvalue weighted by atomic mass is 19.4. The van der Waals surface area contributed by atoms with Crippen molar-refractivity contribution in [1.29, 1.82) is 0 Å². The lowest BCUT2D eigenvalue weighted by molar-refractivity contribution is -0.138. The Morgan fingerprint density at radius 1 is 1.38 bits per heavy atom. The van der Waals surface area contributed by atoms with Crippen molar-refractivity contribution in [2.24, 2.45) is 0 Å². The van der Waals surface area contributed by atoms with E-state index in [1.165, 1.54) is 0 Å². The molecule has 1 atom stereocenters. The molecule has 1 aromatic rings. The molecular weight excluding hydrogens is 225 g/mol. The molecule has 3 nitrogen and oxygen atoms in total. The van der Waals surface area contributed by atoms with Crippen molar-refractivity contribution < 1.29 is 28.1 Å². The molecule has 0 spiro atoms. The highest BCUT2D eigenvalue weighted by Gasteiger charge is 2.34. The molecular formula is C10H11F3O3. The van der Waals surface area contributed by atoms with Crippen molar-refractivity contribution in [3.63, 3.8) is 0 Å². The molecule has 0 radical (unpaired) electrons. The van der Waals surface area contributed by atoms with Gasteiger partial charge in [-0.1, -0.05) is 6.07 Å². The van der Waals surface area contributed by atoms with E-state index in [0.717, 1.165) is 25.3 Å². The number of ether oxygens (including phenoxy) is 1. The van der Waals surface area contributed by atoms with E-state index < -0.39 is 24.5 Å². The molecule has 16 heavy (non-hydrogen) atoms. The highest BCUT2D eigenvalue weighted by Crippen LogP contribution is 2.37. The fraction of sp³-hybridized carbons (Fsp3) is 0.400. The lowest BCUT2D eigenvalue weighted by Crippen LogP contribution is -2.09. The Kier molecular flexibility index (Phi) is 3.77. The van der Waals surface area contributed by atoms with Crippen LogP contribution in [0, 0.1) is 0 Å². The number of halogens is 3. The van der Waals surface area contributed by atoms with Crippen LogP contribution in [0.5, 0.6) is 5.75 Å². The Morgan fingerprint density at radius 3 is 2.44 bits per heavy atom. The Hall–Kier alpha value is -1.27. The Morgan fingerprint density at radius 2 is 2.00 bits per heavy atom. The third-order valence-corrected chi connectivity index (χ3v) is 2.09. The lowest BCUT2D eigenvalue weighted by atomic mass is 10.1. The minimum atomic E-state index is -4.51. The molecule has 0 saturated carbocycles. The zero-order valence-corrected chi connectivity index (χ0v) is 8.45. The van der Waals surface area contributed by atoms with Gasteiger partial charge in [0.1, 0.15) is 11.9 Å². The van der Waals surface area contributed by atoms with Gasteiger partial charge >= 0.3 is 6.18 Å². The van der Waals surface area contributed by atoms with Crippen molar-refractivity contribution in [2.45, 2.75) is 12.3 Å². The first-order valence-corrected chi connectivity index (χ1v) is 4.44. The number of hydrogen-bond donors (Lipinski definition) is 2. The van der Waals surface area contributed by atoms with Gasteiger partial charge in [-0.15, -0.1) is 0 Å². The molecule has 1 rings (SSSR count). The summed E-state index contributed by atoms with van der Waals surface area (Å²) in [7, 11) is 1.11. The maximum atomic E-state index is 12.5. The van der Waals surface area contributed by atoms with Crippen LogP contribution in [0.15, 0.2) is 18.2 Å². The van der Waals surface area contributed by atoms with Crippen molar-refractivity contribution in [1.82, 2.24) is 0 Å². The molecule has 0 saturated heterocycles. The monoisotopic (exact) mass is 236 g/mol. The summed E-state index contributed by atoms with van der Waals surface area (Å²) in [5.41, 5.74) is -0.740. The molecule has 0 aliphatic rings. The molecule has 1 unspecified atom stereocenters. The van der Waals surface area contributed by atoms with E-state index in [1.54, 1.807) is 0 Å². The second kappa shape index (κ2) is 4.71. The predicted octanol–water partition coefficient (Wildman–Crippen LogP) is 1.74. The SMILES string of the molecule is COc1cc(C(O)CO)ccc1C(F)(F)F. The molecule has 0 amide bonds. The van der Waals surface area contributed by atoms with Crippen molar-refractivity contribution in [2.75, 3.05) is 13.7 Å². The number of benzene rings is 1. The van der Waals surface area contributed by atoms with Gasteiger partial charge in [0.05, 0.1) is 19.3 Å². The first kappa shape index (κ1) is 12.8. The van der Waals surface area contributed by atoms with E-state index in [9.17, 15) is 18.3 Å². The van der Waals surface area contributed by atoms with E-state index in [-0.39, 0.29) is 11.3 Å². The van der Waals surface area contributed by atoms with Crippen molar-refractivity contribution in [3.8, 4) is 5.75 Å². The van der Waals surface area contributed by atoms with Crippen molar-refractivity contribution in [3.05, 3.63) is 29.3 Å². The molecule has 0 aromatic heterocycles. The zero-order chi connectivity index (χ0) is 12.3. The fourth-order valence-corrected chi connectivity index (χ4v) is 1.25. The average Bonchev–Trinajstić information content (AvgIpc) is 2.25. The summed E-state index contributed by atoms with van der Waals surface area (Å²) in [5.74, 6) is -0.377. The van der Waals surface area contributed by atoms with Gasteiger partial charge in [0.15, 0.2) is 0 Å². The number of hydrogen-bond acceptors (Lipinski definition) is 3. The number of rotatable bonds is 3. The van der Waals surface area contributed by atoms with Crippen LogP contribution in [0.2, 0.25) is 0 Å². The van der Waals surface area contributed by atoms with Gasteiger partial charge in [-0.25, -0.2) is 0 Å². The van der Waals surface area contributed by atoms with Crippen molar-refractivity contribution >= 4 is 0 Å². The first-order valence-electron chi connectivity index (χ1n) is 4.44. The van der Waals surface area contributed by atoms with E-state index in [4.69, 9.17) is 5.11 Å². The second-order valence-corrected chi connectivity index (χ2v) is 3.16. The molecule has 0 aliphatic carbocycles. The van der Waals surface area contributed by atoms with Gasteiger partial charge < -0.3 is 14.9 Å². The van der Waals surface area contributed by atoms with Gasteiger partial charge in [0.2, 0.25) is 0 Å². The molecule has 0 bridgehead atoms. The number of aliphatic hydroxyl groups excluding tert-OH is 2. The van der Waals surface area contributed by atoms with E-state index in [0.29, 0.717) is 0 Å². The molecule has 0 heterocycles. The summed E-state index contributed by atoms with van der Waals surface area (Å²) in [4.78, 5) is 0. The van der Waals surface area contributed by atoms with E-state index >= 15 is 0 Å². The minimum Gasteiger partial charge on any atom is -0.496 e. The second-order valence-electron chi connectivity index (χ2n) is 3.16. The fourth-order valence-electron chi connectivity index (χ4n) is 1.25. The molecule has 6 heteroatoms. The standard InChI is InChI=1S/C10H11F3O3/c1-16-9-4-6(8(15)5-14)2-3-7(9)10(11,12)13/h2-4,8,14-15H,5H2,1H3. The molecule has 2 N–H and O–H groups in total. The third kappa shape index (κ3) is 2.65. The summed E-state index contributed by atoms with van der Waals surface area (Å²) in [6.45, 7) is -0.561. The number of methoxy groups -OCH3 is 1. The van der Waals surface area contributed by atoms with Gasteiger partial charge in [-0.3, -0.25) is 0 Å². The Bertz CT molecular complexity index is 363. The van der Waals surface area contributed by atoms with Gasteiger partial charge in [0, 0.05) is 0 Å². The van der Waals surface area contributed by atoms with E-state index in [1.807, 2.05) is 0 Å². The summed E-state index contributed by atoms with van der Waals surface area (Å²) >= 11 is 0. The topological polar surface area (TPSA) is 49.7 Å². The first-order chi connectivity index (χ1) is 7.40. The van der Waals surface area contributed by atoms with E-state index in [2.05, 4.69) is 4.74 Å². The van der Waals surface area contributed by atoms with Gasteiger partial charge in [-0.05, 0) is 17.7 Å². The number of aliphatic hydroxyl groups is 2. The largest absolute Gasteiger partial charge is 0.496 e. The highest BCUT2D eigenvalue weighted by molar-refractivity contribution is 5.40. The Labute approximate surface area is 90.1 Å². The average molecular weight is 236 g/mol. The van der Waals surface area contributed by atoms with Crippen LogP contribution in [0.4, 0.5) is 13.2 Å². The number of alkyl halides is 3. The minimum absolute atomic E-state index is 0.173. The summed E-state index contributed by atoms with van der Waals surface area (Å²) in [5, 5.41) is 17.9. The van der Waals surface area contributed by atoms with Crippen LogP contribution in [-0.2, 0) is 6.18 Å². The predicted molar refractivity (Wildman–Crippen MR) is 50.0 cm³/mol. The summed E-state index contributed by atoms with van der Waals surface area (Å²) in [6, 6.07) is 2.98. The summed E-state index contributed by atoms with van der Waals surface area (Å²) in [6.07, 6.45) is -5.72. The van der Waals surface area contributed by atoms with Crippen LogP contribution in [0.1, 0.15) is 17.2 Å². The van der Waals surface area contributed by atoms with Crippen LogP contribution in [-0.4, -0.2) is 23.9 Å². The molecule has 90 valence electrons. The van der Waals surface area contributed by atoms with Crippen LogP contribution < -0.4 is 4.74 Å². The van der Waals surface area contributed by atoms with Crippen LogP contribution in [0.25, 0.3) is 0 Å². The normalized spacial score (nSPS) is 13.6. The zero-order valence-electron chi connectivity index (χ0n) is 8.45. The maximum absolute atomic E-state index is 12.5.